The summed E-state index contributed by atoms with van der Waals surface area (Å²) in [6.45, 7) is 5.20. The monoisotopic (exact) mass is 267 g/mol. The van der Waals surface area contributed by atoms with Crippen LogP contribution in [0.2, 0.25) is 0 Å². The Morgan fingerprint density at radius 1 is 1.32 bits per heavy atom. The van der Waals surface area contributed by atoms with Crippen LogP contribution in [0.25, 0.3) is 0 Å². The summed E-state index contributed by atoms with van der Waals surface area (Å²) in [5.74, 6) is -0.140. The Kier molecular flexibility index (Phi) is 5.16. The first-order chi connectivity index (χ1) is 9.16. The van der Waals surface area contributed by atoms with Gasteiger partial charge in [0.2, 0.25) is 0 Å². The summed E-state index contributed by atoms with van der Waals surface area (Å²) in [5, 5.41) is 9.37. The molecule has 1 aliphatic heterocycles. The maximum Gasteiger partial charge on any atom is 0.165 e. The van der Waals surface area contributed by atoms with E-state index in [2.05, 4.69) is 4.90 Å². The summed E-state index contributed by atoms with van der Waals surface area (Å²) in [4.78, 5) is 2.35. The zero-order chi connectivity index (χ0) is 13.7. The minimum Gasteiger partial charge on any atom is -0.489 e. The third-order valence-electron chi connectivity index (χ3n) is 3.55. The molecule has 1 aromatic carbocycles. The summed E-state index contributed by atoms with van der Waals surface area (Å²) in [6, 6.07) is 4.62. The van der Waals surface area contributed by atoms with Crippen LogP contribution in [0.3, 0.4) is 0 Å². The van der Waals surface area contributed by atoms with Crippen molar-refractivity contribution in [3.8, 4) is 5.75 Å². The largest absolute Gasteiger partial charge is 0.489 e. The summed E-state index contributed by atoms with van der Waals surface area (Å²) in [6.07, 6.45) is 3.15. The van der Waals surface area contributed by atoms with Crippen molar-refractivity contribution in [2.45, 2.75) is 32.3 Å². The van der Waals surface area contributed by atoms with E-state index in [1.54, 1.807) is 19.1 Å². The van der Waals surface area contributed by atoms with Crippen molar-refractivity contribution in [2.24, 2.45) is 0 Å². The van der Waals surface area contributed by atoms with E-state index in [-0.39, 0.29) is 5.75 Å². The fourth-order valence-electron chi connectivity index (χ4n) is 2.36. The fourth-order valence-corrected chi connectivity index (χ4v) is 2.36. The molecule has 1 aliphatic rings. The standard InChI is InChI=1S/C15H22FNO2/c1-12(18)13-5-6-15(14(16)11-13)19-10-9-17-7-3-2-4-8-17/h5-6,11-12,18H,2-4,7-10H2,1H3/t12-/m1/s1. The van der Waals surface area contributed by atoms with Crippen molar-refractivity contribution in [1.82, 2.24) is 4.90 Å². The van der Waals surface area contributed by atoms with Gasteiger partial charge in [0.15, 0.2) is 11.6 Å². The molecular formula is C15H22FNO2. The second-order valence-corrected chi connectivity index (χ2v) is 5.12. The number of aliphatic hydroxyl groups excluding tert-OH is 1. The molecule has 1 atom stereocenters. The van der Waals surface area contributed by atoms with Crippen molar-refractivity contribution in [1.29, 1.82) is 0 Å². The van der Waals surface area contributed by atoms with E-state index in [1.165, 1.54) is 25.3 Å². The summed E-state index contributed by atoms with van der Waals surface area (Å²) in [7, 11) is 0. The topological polar surface area (TPSA) is 32.7 Å². The van der Waals surface area contributed by atoms with Crippen molar-refractivity contribution >= 4 is 0 Å². The van der Waals surface area contributed by atoms with Crippen LogP contribution in [0.5, 0.6) is 5.75 Å². The van der Waals surface area contributed by atoms with Crippen LogP contribution in [0.1, 0.15) is 37.9 Å². The van der Waals surface area contributed by atoms with Gasteiger partial charge in [-0.1, -0.05) is 12.5 Å². The van der Waals surface area contributed by atoms with Gasteiger partial charge < -0.3 is 9.84 Å². The Labute approximate surface area is 114 Å². The third kappa shape index (κ3) is 4.18. The highest BCUT2D eigenvalue weighted by Gasteiger charge is 2.11. The number of nitrogens with zero attached hydrogens (tertiary/aromatic N) is 1. The molecule has 0 bridgehead atoms. The average Bonchev–Trinajstić information content (AvgIpc) is 2.41. The maximum atomic E-state index is 13.7. The maximum absolute atomic E-state index is 13.7. The molecule has 0 amide bonds. The molecule has 1 heterocycles. The van der Waals surface area contributed by atoms with Gasteiger partial charge >= 0.3 is 0 Å². The van der Waals surface area contributed by atoms with E-state index < -0.39 is 11.9 Å². The fraction of sp³-hybridized carbons (Fsp3) is 0.600. The van der Waals surface area contributed by atoms with E-state index in [4.69, 9.17) is 4.74 Å². The molecule has 0 unspecified atom stereocenters. The third-order valence-corrected chi connectivity index (χ3v) is 3.55. The van der Waals surface area contributed by atoms with Crippen molar-refractivity contribution in [3.63, 3.8) is 0 Å². The lowest BCUT2D eigenvalue weighted by atomic mass is 10.1. The molecule has 3 nitrogen and oxygen atoms in total. The summed E-state index contributed by atoms with van der Waals surface area (Å²) in [5.41, 5.74) is 0.570. The first kappa shape index (κ1) is 14.3. The van der Waals surface area contributed by atoms with Crippen LogP contribution in [0, 0.1) is 5.82 Å². The van der Waals surface area contributed by atoms with Crippen LogP contribution >= 0.6 is 0 Å². The lowest BCUT2D eigenvalue weighted by Gasteiger charge is -2.26. The number of hydrogen-bond acceptors (Lipinski definition) is 3. The molecule has 19 heavy (non-hydrogen) atoms. The van der Waals surface area contributed by atoms with Crippen LogP contribution in [-0.2, 0) is 0 Å². The van der Waals surface area contributed by atoms with E-state index in [0.717, 1.165) is 19.6 Å². The normalized spacial score (nSPS) is 18.3. The lowest BCUT2D eigenvalue weighted by Crippen LogP contribution is -2.33. The van der Waals surface area contributed by atoms with E-state index in [1.807, 2.05) is 0 Å². The molecule has 1 N–H and O–H groups in total. The number of likely N-dealkylation sites (tertiary alicyclic amines) is 1. The first-order valence-corrected chi connectivity index (χ1v) is 6.99. The highest BCUT2D eigenvalue weighted by Crippen LogP contribution is 2.22. The number of ether oxygens (including phenoxy) is 1. The molecule has 0 aliphatic carbocycles. The zero-order valence-corrected chi connectivity index (χ0v) is 11.4. The van der Waals surface area contributed by atoms with Crippen molar-refractivity contribution in [3.05, 3.63) is 29.6 Å². The quantitative estimate of drug-likeness (QED) is 0.890. The molecule has 4 heteroatoms. The molecule has 106 valence electrons. The second-order valence-electron chi connectivity index (χ2n) is 5.12. The molecular weight excluding hydrogens is 245 g/mol. The Bertz CT molecular complexity index is 403. The average molecular weight is 267 g/mol. The van der Waals surface area contributed by atoms with Crippen LogP contribution in [-0.4, -0.2) is 36.2 Å². The number of rotatable bonds is 5. The Morgan fingerprint density at radius 3 is 2.68 bits per heavy atom. The molecule has 1 fully saturated rings. The summed E-state index contributed by atoms with van der Waals surface area (Å²) >= 11 is 0. The van der Waals surface area contributed by atoms with Gasteiger partial charge in [0, 0.05) is 6.54 Å². The molecule has 0 aromatic heterocycles. The second kappa shape index (κ2) is 6.87. The zero-order valence-electron chi connectivity index (χ0n) is 11.4. The van der Waals surface area contributed by atoms with E-state index >= 15 is 0 Å². The van der Waals surface area contributed by atoms with Crippen molar-refractivity contribution < 1.29 is 14.2 Å². The number of hydrogen-bond donors (Lipinski definition) is 1. The lowest BCUT2D eigenvalue weighted by molar-refractivity contribution is 0.179. The van der Waals surface area contributed by atoms with Gasteiger partial charge in [-0.15, -0.1) is 0 Å². The summed E-state index contributed by atoms with van der Waals surface area (Å²) < 4.78 is 19.2. The van der Waals surface area contributed by atoms with Gasteiger partial charge in [-0.2, -0.15) is 0 Å². The molecule has 2 rings (SSSR count). The van der Waals surface area contributed by atoms with E-state index in [0.29, 0.717) is 12.2 Å². The Morgan fingerprint density at radius 2 is 2.05 bits per heavy atom. The van der Waals surface area contributed by atoms with Gasteiger partial charge in [-0.25, -0.2) is 4.39 Å². The number of benzene rings is 1. The van der Waals surface area contributed by atoms with Gasteiger partial charge in [-0.3, -0.25) is 4.90 Å². The molecule has 1 saturated heterocycles. The Balaban J connectivity index is 1.82. The highest BCUT2D eigenvalue weighted by molar-refractivity contribution is 5.30. The number of halogens is 1. The first-order valence-electron chi connectivity index (χ1n) is 6.99. The SMILES string of the molecule is C[C@@H](O)c1ccc(OCCN2CCCCC2)c(F)c1. The number of aliphatic hydroxyl groups is 1. The van der Waals surface area contributed by atoms with Gasteiger partial charge in [-0.05, 0) is 50.6 Å². The molecule has 0 radical (unpaired) electrons. The molecule has 0 spiro atoms. The van der Waals surface area contributed by atoms with Crippen LogP contribution in [0.4, 0.5) is 4.39 Å². The molecule has 1 aromatic rings. The number of piperidine rings is 1. The minimum atomic E-state index is -0.656. The highest BCUT2D eigenvalue weighted by atomic mass is 19.1. The minimum absolute atomic E-state index is 0.265. The van der Waals surface area contributed by atoms with Gasteiger partial charge in [0.1, 0.15) is 6.61 Å². The van der Waals surface area contributed by atoms with Gasteiger partial charge in [0.25, 0.3) is 0 Å². The predicted molar refractivity (Wildman–Crippen MR) is 72.8 cm³/mol. The van der Waals surface area contributed by atoms with Crippen LogP contribution in [0.15, 0.2) is 18.2 Å². The van der Waals surface area contributed by atoms with Crippen molar-refractivity contribution in [2.75, 3.05) is 26.2 Å². The smallest absolute Gasteiger partial charge is 0.165 e. The van der Waals surface area contributed by atoms with Gasteiger partial charge in [0.05, 0.1) is 6.10 Å². The predicted octanol–water partition coefficient (Wildman–Crippen LogP) is 2.74. The van der Waals surface area contributed by atoms with E-state index in [9.17, 15) is 9.50 Å². The molecule has 0 saturated carbocycles. The Hall–Kier alpha value is -1.13. The van der Waals surface area contributed by atoms with Crippen LogP contribution < -0.4 is 4.74 Å².